The highest BCUT2D eigenvalue weighted by Crippen LogP contribution is 2.19. The quantitative estimate of drug-likeness (QED) is 0.704. The summed E-state index contributed by atoms with van der Waals surface area (Å²) in [6.45, 7) is 0. The average Bonchev–Trinajstić information content (AvgIpc) is 3.09. The van der Waals surface area contributed by atoms with Gasteiger partial charge in [0.05, 0.1) is 0 Å². The third-order valence-corrected chi connectivity index (χ3v) is 3.89. The Balaban J connectivity index is 1.61. The van der Waals surface area contributed by atoms with Crippen molar-refractivity contribution in [2.75, 3.05) is 11.9 Å². The summed E-state index contributed by atoms with van der Waals surface area (Å²) in [5.74, 6) is 0.924. The number of amides is 1. The number of hydrogen-bond donors (Lipinski definition) is 0. The molecule has 0 saturated carbocycles. The van der Waals surface area contributed by atoms with E-state index in [0.29, 0.717) is 29.6 Å². The van der Waals surface area contributed by atoms with Gasteiger partial charge in [-0.1, -0.05) is 35.0 Å². The van der Waals surface area contributed by atoms with Crippen molar-refractivity contribution in [1.82, 2.24) is 10.1 Å². The smallest absolute Gasteiger partial charge is 0.227 e. The number of halogens is 1. The molecular weight excluding hydrogens is 326 g/mol. The number of rotatable bonds is 5. The molecule has 2 aromatic carbocycles. The zero-order valence-corrected chi connectivity index (χ0v) is 13.9. The van der Waals surface area contributed by atoms with Gasteiger partial charge in [-0.2, -0.15) is 4.98 Å². The summed E-state index contributed by atoms with van der Waals surface area (Å²) < 4.78 is 5.22. The van der Waals surface area contributed by atoms with Gasteiger partial charge in [-0.3, -0.25) is 4.79 Å². The summed E-state index contributed by atoms with van der Waals surface area (Å²) in [5, 5.41) is 4.59. The van der Waals surface area contributed by atoms with E-state index in [4.69, 9.17) is 16.1 Å². The molecular formula is C18H16ClN3O2. The number of hydrogen-bond acceptors (Lipinski definition) is 4. The highest BCUT2D eigenvalue weighted by atomic mass is 35.5. The third-order valence-electron chi connectivity index (χ3n) is 3.64. The van der Waals surface area contributed by atoms with E-state index < -0.39 is 0 Å². The minimum absolute atomic E-state index is 0.00700. The molecule has 24 heavy (non-hydrogen) atoms. The Morgan fingerprint density at radius 2 is 1.83 bits per heavy atom. The normalized spacial score (nSPS) is 10.6. The first-order chi connectivity index (χ1) is 11.6. The second kappa shape index (κ2) is 7.27. The molecule has 0 aliphatic rings. The molecule has 6 heteroatoms. The Bertz CT molecular complexity index is 816. The summed E-state index contributed by atoms with van der Waals surface area (Å²) in [4.78, 5) is 18.2. The molecule has 0 radical (unpaired) electrons. The molecule has 0 aliphatic carbocycles. The topological polar surface area (TPSA) is 59.2 Å². The lowest BCUT2D eigenvalue weighted by atomic mass is 10.2. The zero-order valence-electron chi connectivity index (χ0n) is 13.1. The fraction of sp³-hybridized carbons (Fsp3) is 0.167. The lowest BCUT2D eigenvalue weighted by Crippen LogP contribution is -2.26. The van der Waals surface area contributed by atoms with Gasteiger partial charge in [-0.05, 0) is 36.4 Å². The lowest BCUT2D eigenvalue weighted by molar-refractivity contribution is -0.118. The second-order valence-electron chi connectivity index (χ2n) is 5.31. The molecule has 0 unspecified atom stereocenters. The van der Waals surface area contributed by atoms with Crippen LogP contribution in [0, 0.1) is 0 Å². The molecule has 1 amide bonds. The van der Waals surface area contributed by atoms with Gasteiger partial charge in [0, 0.05) is 36.2 Å². The lowest BCUT2D eigenvalue weighted by Gasteiger charge is -2.16. The maximum atomic E-state index is 12.3. The summed E-state index contributed by atoms with van der Waals surface area (Å²) >= 11 is 5.86. The Morgan fingerprint density at radius 1 is 1.12 bits per heavy atom. The molecule has 1 aromatic heterocycles. The molecule has 0 saturated heterocycles. The molecule has 0 spiro atoms. The van der Waals surface area contributed by atoms with Gasteiger partial charge < -0.3 is 9.42 Å². The number of anilines is 1. The number of para-hydroxylation sites is 1. The molecule has 1 heterocycles. The van der Waals surface area contributed by atoms with Crippen LogP contribution >= 0.6 is 11.6 Å². The standard InChI is InChI=1S/C18H16ClN3O2/c1-22(15-5-3-2-4-6-15)17(23)12-11-16-20-18(21-24-16)13-7-9-14(19)10-8-13/h2-10H,11-12H2,1H3. The zero-order chi connectivity index (χ0) is 16.9. The molecule has 5 nitrogen and oxygen atoms in total. The minimum Gasteiger partial charge on any atom is -0.339 e. The van der Waals surface area contributed by atoms with Crippen molar-refractivity contribution in [2.24, 2.45) is 0 Å². The fourth-order valence-corrected chi connectivity index (χ4v) is 2.38. The summed E-state index contributed by atoms with van der Waals surface area (Å²) in [6, 6.07) is 16.7. The molecule has 0 atom stereocenters. The first kappa shape index (κ1) is 16.2. The number of carbonyl (C=O) groups is 1. The van der Waals surface area contributed by atoms with Crippen LogP contribution < -0.4 is 4.90 Å². The second-order valence-corrected chi connectivity index (χ2v) is 5.74. The first-order valence-corrected chi connectivity index (χ1v) is 7.91. The van der Waals surface area contributed by atoms with Crippen LogP contribution in [0.25, 0.3) is 11.4 Å². The van der Waals surface area contributed by atoms with Crippen LogP contribution in [-0.2, 0) is 11.2 Å². The minimum atomic E-state index is -0.00700. The van der Waals surface area contributed by atoms with Crippen molar-refractivity contribution in [3.05, 3.63) is 65.5 Å². The van der Waals surface area contributed by atoms with E-state index in [1.807, 2.05) is 42.5 Å². The fourth-order valence-electron chi connectivity index (χ4n) is 2.25. The van der Waals surface area contributed by atoms with Crippen molar-refractivity contribution < 1.29 is 9.32 Å². The van der Waals surface area contributed by atoms with Gasteiger partial charge >= 0.3 is 0 Å². The molecule has 0 aliphatic heterocycles. The van der Waals surface area contributed by atoms with Crippen molar-refractivity contribution >= 4 is 23.2 Å². The number of aromatic nitrogens is 2. The highest BCUT2D eigenvalue weighted by Gasteiger charge is 2.14. The Morgan fingerprint density at radius 3 is 2.54 bits per heavy atom. The van der Waals surface area contributed by atoms with Crippen LogP contribution in [0.2, 0.25) is 5.02 Å². The summed E-state index contributed by atoms with van der Waals surface area (Å²) in [5.41, 5.74) is 1.68. The molecule has 0 N–H and O–H groups in total. The van der Waals surface area contributed by atoms with Crippen molar-refractivity contribution in [1.29, 1.82) is 0 Å². The third kappa shape index (κ3) is 3.81. The maximum absolute atomic E-state index is 12.3. The van der Waals surface area contributed by atoms with Gasteiger partial charge in [0.15, 0.2) is 0 Å². The first-order valence-electron chi connectivity index (χ1n) is 7.53. The van der Waals surface area contributed by atoms with Crippen molar-refractivity contribution in [3.8, 4) is 11.4 Å². The van der Waals surface area contributed by atoms with E-state index in [-0.39, 0.29) is 5.91 Å². The van der Waals surface area contributed by atoms with E-state index in [1.165, 1.54) is 0 Å². The number of benzene rings is 2. The van der Waals surface area contributed by atoms with Crippen LogP contribution in [0.5, 0.6) is 0 Å². The Hall–Kier alpha value is -2.66. The number of nitrogens with zero attached hydrogens (tertiary/aromatic N) is 3. The SMILES string of the molecule is CN(C(=O)CCc1nc(-c2ccc(Cl)cc2)no1)c1ccccc1. The molecule has 3 aromatic rings. The van der Waals surface area contributed by atoms with Gasteiger partial charge in [0.1, 0.15) is 0 Å². The monoisotopic (exact) mass is 341 g/mol. The van der Waals surface area contributed by atoms with E-state index in [9.17, 15) is 4.79 Å². The van der Waals surface area contributed by atoms with Gasteiger partial charge in [0.2, 0.25) is 17.6 Å². The number of aryl methyl sites for hydroxylation is 1. The van der Waals surface area contributed by atoms with E-state index in [1.54, 1.807) is 24.1 Å². The predicted octanol–water partition coefficient (Wildman–Crippen LogP) is 3.99. The van der Waals surface area contributed by atoms with Crippen LogP contribution in [0.4, 0.5) is 5.69 Å². The predicted molar refractivity (Wildman–Crippen MR) is 92.9 cm³/mol. The van der Waals surface area contributed by atoms with Crippen molar-refractivity contribution in [3.63, 3.8) is 0 Å². The molecule has 0 fully saturated rings. The van der Waals surface area contributed by atoms with Crippen molar-refractivity contribution in [2.45, 2.75) is 12.8 Å². The van der Waals surface area contributed by atoms with E-state index in [2.05, 4.69) is 10.1 Å². The Labute approximate surface area is 144 Å². The van der Waals surface area contributed by atoms with Gasteiger partial charge in [-0.15, -0.1) is 0 Å². The van der Waals surface area contributed by atoms with Crippen LogP contribution in [0.3, 0.4) is 0 Å². The van der Waals surface area contributed by atoms with E-state index >= 15 is 0 Å². The Kier molecular flexibility index (Phi) is 4.91. The van der Waals surface area contributed by atoms with E-state index in [0.717, 1.165) is 11.3 Å². The highest BCUT2D eigenvalue weighted by molar-refractivity contribution is 6.30. The average molecular weight is 342 g/mol. The summed E-state index contributed by atoms with van der Waals surface area (Å²) in [7, 11) is 1.75. The molecule has 3 rings (SSSR count). The van der Waals surface area contributed by atoms with Crippen LogP contribution in [-0.4, -0.2) is 23.1 Å². The maximum Gasteiger partial charge on any atom is 0.227 e. The largest absolute Gasteiger partial charge is 0.339 e. The van der Waals surface area contributed by atoms with Gasteiger partial charge in [-0.25, -0.2) is 0 Å². The summed E-state index contributed by atoms with van der Waals surface area (Å²) in [6.07, 6.45) is 0.699. The molecule has 122 valence electrons. The van der Waals surface area contributed by atoms with Crippen LogP contribution in [0.15, 0.2) is 59.1 Å². The van der Waals surface area contributed by atoms with Crippen LogP contribution in [0.1, 0.15) is 12.3 Å². The number of carbonyl (C=O) groups excluding carboxylic acids is 1. The van der Waals surface area contributed by atoms with Gasteiger partial charge in [0.25, 0.3) is 0 Å². The molecule has 0 bridgehead atoms.